The van der Waals surface area contributed by atoms with Crippen LogP contribution in [0.3, 0.4) is 0 Å². The van der Waals surface area contributed by atoms with Crippen molar-refractivity contribution in [3.8, 4) is 0 Å². The first-order valence-corrected chi connectivity index (χ1v) is 47.7. The third kappa shape index (κ3) is 30.0. The number of fused-ring (bicyclic) bond motifs is 7. The lowest BCUT2D eigenvalue weighted by Gasteiger charge is -2.23. The number of ether oxygens (including phenoxy) is 7. The minimum absolute atomic E-state index is 0.0236. The third-order valence-electron chi connectivity index (χ3n) is 22.3. The number of Topliss-reactive ketones (excluding diaryl/α,β-unsaturated/α-hetero) is 9. The molecule has 0 heterocycles. The van der Waals surface area contributed by atoms with Gasteiger partial charge in [-0.15, -0.1) is 0 Å². The Balaban J connectivity index is 0.000000207. The van der Waals surface area contributed by atoms with Gasteiger partial charge in [0.25, 0.3) is 0 Å². The fraction of sp³-hybridized carbons (Fsp3) is 0.315. The lowest BCUT2D eigenvalue weighted by Crippen LogP contribution is -2.25. The van der Waals surface area contributed by atoms with Crippen molar-refractivity contribution >= 4 is 202 Å². The zero-order valence-electron chi connectivity index (χ0n) is 83.7. The molecule has 0 atom stereocenters. The van der Waals surface area contributed by atoms with E-state index >= 15 is 0 Å². The van der Waals surface area contributed by atoms with Crippen LogP contribution in [0.5, 0.6) is 0 Å². The molecule has 7 aromatic rings. The quantitative estimate of drug-likeness (QED) is 0.0168. The Labute approximate surface area is 844 Å². The molecule has 0 aromatic heterocycles. The van der Waals surface area contributed by atoms with Crippen molar-refractivity contribution in [3.63, 3.8) is 0 Å². The number of hydrogen-bond donors (Lipinski definition) is 6. The summed E-state index contributed by atoms with van der Waals surface area (Å²) in [6.45, 7) is 25.1. The molecular formula is C111H117ClN6O27. The summed E-state index contributed by atoms with van der Waals surface area (Å²) >= 11 is 5.88. The summed E-state index contributed by atoms with van der Waals surface area (Å²) in [6.07, 6.45) is 20.5. The molecule has 7 aliphatic rings. The molecule has 0 bridgehead atoms. The average Bonchev–Trinajstić information content (AvgIpc) is 0.773. The fourth-order valence-corrected chi connectivity index (χ4v) is 15.8. The van der Waals surface area contributed by atoms with E-state index in [1.807, 2.05) is 34.6 Å². The maximum atomic E-state index is 12.2. The summed E-state index contributed by atoms with van der Waals surface area (Å²) in [6, 6.07) is 36.9. The third-order valence-corrected chi connectivity index (χ3v) is 22.6. The van der Waals surface area contributed by atoms with Crippen LogP contribution in [0.1, 0.15) is 298 Å². The van der Waals surface area contributed by atoms with E-state index in [-0.39, 0.29) is 91.6 Å². The van der Waals surface area contributed by atoms with Crippen LogP contribution in [0.15, 0.2) is 174 Å². The summed E-state index contributed by atoms with van der Waals surface area (Å²) in [4.78, 5) is 235. The Hall–Kier alpha value is -16.2. The highest BCUT2D eigenvalue weighted by Gasteiger charge is 2.39. The number of carbonyl (C=O) groups excluding carboxylic acids is 20. The van der Waals surface area contributed by atoms with Crippen molar-refractivity contribution in [2.75, 3.05) is 65.9 Å². The van der Waals surface area contributed by atoms with Gasteiger partial charge in [-0.3, -0.25) is 95.9 Å². The van der Waals surface area contributed by atoms with Gasteiger partial charge >= 0.3 is 0 Å². The number of unbranched alkanes of at least 4 members (excludes halogenated alkanes) is 9. The number of benzene rings is 7. The van der Waals surface area contributed by atoms with Gasteiger partial charge in [-0.1, -0.05) is 201 Å². The van der Waals surface area contributed by atoms with Gasteiger partial charge < -0.3 is 65.1 Å². The number of hydrogen-bond acceptors (Lipinski definition) is 27. The van der Waals surface area contributed by atoms with Crippen molar-refractivity contribution in [1.29, 1.82) is 0 Å². The van der Waals surface area contributed by atoms with Gasteiger partial charge in [0.1, 0.15) is 45.3 Å². The summed E-state index contributed by atoms with van der Waals surface area (Å²) < 4.78 is 38.8. The Morgan fingerprint density at radius 1 is 0.283 bits per heavy atom. The summed E-state index contributed by atoms with van der Waals surface area (Å²) in [5.41, 5.74) is 7.62. The normalized spacial score (nSPS) is 13.8. The second-order valence-electron chi connectivity index (χ2n) is 33.8. The molecule has 6 N–H and O–H groups in total. The van der Waals surface area contributed by atoms with Crippen LogP contribution in [0.2, 0.25) is 0 Å². The monoisotopic (exact) mass is 2000 g/mol. The number of halogens is 1. The van der Waals surface area contributed by atoms with Crippen LogP contribution in [-0.2, 0) is 95.5 Å². The number of rotatable bonds is 32. The van der Waals surface area contributed by atoms with Gasteiger partial charge in [0, 0.05) is 122 Å². The Bertz CT molecular complexity index is 6570. The van der Waals surface area contributed by atoms with E-state index in [4.69, 9.17) is 44.8 Å². The molecule has 6 amide bonds. The first-order chi connectivity index (χ1) is 69.1. The van der Waals surface area contributed by atoms with E-state index in [0.29, 0.717) is 139 Å². The molecule has 0 unspecified atom stereocenters. The molecule has 0 saturated carbocycles. The number of nitrogens with one attached hydrogen (secondary N) is 6. The fourth-order valence-electron chi connectivity index (χ4n) is 15.6. The van der Waals surface area contributed by atoms with E-state index in [9.17, 15) is 95.9 Å². The molecular weight excluding hydrogens is 1880 g/mol. The van der Waals surface area contributed by atoms with Crippen molar-refractivity contribution in [2.24, 2.45) is 0 Å². The van der Waals surface area contributed by atoms with Crippen molar-refractivity contribution in [3.05, 3.63) is 252 Å². The molecule has 0 radical (unpaired) electrons. The summed E-state index contributed by atoms with van der Waals surface area (Å²) in [5.74, 6) is -8.08. The van der Waals surface area contributed by atoms with Crippen LogP contribution < -0.4 is 31.9 Å². The van der Waals surface area contributed by atoms with Crippen LogP contribution in [0, 0.1) is 0 Å². The van der Waals surface area contributed by atoms with Crippen LogP contribution in [0.4, 0.5) is 34.1 Å². The topological polar surface area (TPSA) is 478 Å². The molecule has 0 fully saturated rings. The predicted molar refractivity (Wildman–Crippen MR) is 548 cm³/mol. The van der Waals surface area contributed by atoms with E-state index in [1.54, 1.807) is 140 Å². The van der Waals surface area contributed by atoms with Gasteiger partial charge in [0.2, 0.25) is 116 Å². The predicted octanol–water partition coefficient (Wildman–Crippen LogP) is 19.0. The van der Waals surface area contributed by atoms with Crippen molar-refractivity contribution < 1.29 is 129 Å². The van der Waals surface area contributed by atoms with Crippen LogP contribution in [-0.4, -0.2) is 163 Å². The lowest BCUT2D eigenvalue weighted by atomic mass is 9.88. The summed E-state index contributed by atoms with van der Waals surface area (Å²) in [7, 11) is 2.86. The second-order valence-corrected chi connectivity index (χ2v) is 34.2. The molecule has 0 spiro atoms. The Morgan fingerprint density at radius 3 is 0.876 bits per heavy atom. The van der Waals surface area contributed by atoms with Gasteiger partial charge in [-0.25, -0.2) is 0 Å². The largest absolute Gasteiger partial charge is 0.496 e. The van der Waals surface area contributed by atoms with Gasteiger partial charge in [-0.05, 0) is 89.3 Å². The SMILES string of the molecule is CC(C)OC1=C(Cl)C(=O)C(=O)c2ccccc21.CCC(CC)OC1=CC(=O)C(=O)c2c(NC(C)=O)cccc21.CCCCCCCCOC1=CC(=O)C(=O)c2c(NC(C)=O)cccc21.CCCCCCOC1=CC(=O)C(=O)c2c(NC(C)=O)cccc21.CCCCOC1=CC(=O)C(=O)c2c(NC(C)=O)cccc21.COC1=C(C)C(=O)C(=O)c2c(NC(C)=O)cccc21.COC1=CC(=O)C(=O)c2c(NC(C)=O)cccc21. The molecule has 760 valence electrons. The number of methoxy groups -OCH3 is 2. The Kier molecular flexibility index (Phi) is 43.0. The van der Waals surface area contributed by atoms with Crippen molar-refractivity contribution in [1.82, 2.24) is 0 Å². The molecule has 7 aliphatic carbocycles. The first kappa shape index (κ1) is 114. The highest BCUT2D eigenvalue weighted by molar-refractivity contribution is 6.64. The number of ketones is 14. The maximum absolute atomic E-state index is 12.2. The number of anilines is 6. The molecule has 33 nitrogen and oxygen atoms in total. The maximum Gasteiger partial charge on any atom is 0.248 e. The van der Waals surface area contributed by atoms with E-state index < -0.39 is 81.0 Å². The van der Waals surface area contributed by atoms with Crippen LogP contribution in [0.25, 0.3) is 40.3 Å². The lowest BCUT2D eigenvalue weighted by molar-refractivity contribution is -0.115. The molecule has 0 aliphatic heterocycles. The highest BCUT2D eigenvalue weighted by atomic mass is 35.5. The van der Waals surface area contributed by atoms with E-state index in [0.717, 1.165) is 70.3 Å². The molecule has 34 heteroatoms. The zero-order chi connectivity index (χ0) is 107. The van der Waals surface area contributed by atoms with E-state index in [2.05, 4.69) is 45.7 Å². The first-order valence-electron chi connectivity index (χ1n) is 47.3. The minimum Gasteiger partial charge on any atom is -0.496 e. The van der Waals surface area contributed by atoms with Crippen LogP contribution >= 0.6 is 11.6 Å². The standard InChI is InChI=1S/C20H25NO4.C18H21NO4.C17H19NO4.C16H17NO4.C14H13NO4.C13H11ClO3.C13H11NO4/c1-3-4-5-6-7-8-12-25-18-13-17(23)20(24)19-15(18)10-9-11-16(19)21-14(2)22;1-3-4-5-6-10-23-16-11-15(21)18(22)17-13(16)8-7-9-14(17)19-12(2)20;1-4-11(5-2)22-15-9-14(20)17(21)16-12(15)7-6-8-13(16)18-10(3)19;1-3-4-8-21-14-9-13(19)16(20)15-11(14)6-5-7-12(15)17-10(2)18;1-7-12(17)13(18)11-9(14(7)19-3)5-4-6-10(11)15-8(2)16;1-7(2)17-13-9-6-4-3-5-8(9)11(15)12(16)10(13)14;1-7(15)14-9-5-3-4-8-11(18-2)6-10(16)13(17)12(8)9/h9-11,13H,3-8,12H2,1-2H3,(H,21,22);7-9,11H,3-6,10H2,1-2H3,(H,19,20);6-9,11H,4-5H2,1-3H3,(H,18,19);5-7,9H,3-4,8H2,1-2H3,(H,17,18);4-6H,1-3H3,(H,15,16);3-7H,1-2H3;3-6H,1-2H3,(H,14,15). The number of amides is 6. The van der Waals surface area contributed by atoms with Gasteiger partial charge in [-0.2, -0.15) is 0 Å². The Morgan fingerprint density at radius 2 is 0.559 bits per heavy atom. The molecule has 14 rings (SSSR count). The molecule has 145 heavy (non-hydrogen) atoms. The smallest absolute Gasteiger partial charge is 0.248 e. The van der Waals surface area contributed by atoms with E-state index in [1.165, 1.54) is 106 Å². The van der Waals surface area contributed by atoms with Crippen molar-refractivity contribution in [2.45, 2.75) is 199 Å². The average molecular weight is 2000 g/mol. The number of allylic oxidation sites excluding steroid dienone is 7. The summed E-state index contributed by atoms with van der Waals surface area (Å²) in [5, 5.41) is 15.3. The second kappa shape index (κ2) is 54.7. The molecule has 7 aromatic carbocycles. The highest BCUT2D eigenvalue weighted by Crippen LogP contribution is 2.41. The van der Waals surface area contributed by atoms with Gasteiger partial charge in [0.15, 0.2) is 0 Å². The minimum atomic E-state index is -0.707. The molecule has 0 saturated heterocycles. The zero-order valence-corrected chi connectivity index (χ0v) is 84.4. The van der Waals surface area contributed by atoms with Gasteiger partial charge in [0.05, 0.1) is 114 Å². The number of carbonyl (C=O) groups is 20.